The minimum atomic E-state index is 0.520. The smallest absolute Gasteiger partial charge is 0.127 e. The van der Waals surface area contributed by atoms with E-state index in [9.17, 15) is 0 Å². The maximum atomic E-state index is 5.35. The molecular weight excluding hydrogens is 138 g/mol. The summed E-state index contributed by atoms with van der Waals surface area (Å²) in [6, 6.07) is 0. The van der Waals surface area contributed by atoms with Gasteiger partial charge in [0.25, 0.3) is 0 Å². The molecule has 3 heteroatoms. The van der Waals surface area contributed by atoms with Crippen molar-refractivity contribution >= 4 is 5.71 Å². The molecule has 0 atom stereocenters. The van der Waals surface area contributed by atoms with Crippen molar-refractivity contribution in [3.05, 3.63) is 23.7 Å². The van der Waals surface area contributed by atoms with Crippen molar-refractivity contribution in [2.75, 3.05) is 6.54 Å². The number of hydrogen-bond acceptors (Lipinski definition) is 3. The minimum absolute atomic E-state index is 0.520. The lowest BCUT2D eigenvalue weighted by Crippen LogP contribution is -2.16. The van der Waals surface area contributed by atoms with E-state index >= 15 is 0 Å². The van der Waals surface area contributed by atoms with E-state index in [1.807, 2.05) is 26.0 Å². The molecule has 3 N–H and O–H groups in total. The maximum Gasteiger partial charge on any atom is 0.127 e. The van der Waals surface area contributed by atoms with Crippen LogP contribution in [-0.2, 0) is 0 Å². The van der Waals surface area contributed by atoms with Gasteiger partial charge in [0.2, 0.25) is 0 Å². The molecule has 3 nitrogen and oxygen atoms in total. The number of aliphatic imine (C=N–C) groups is 1. The molecule has 1 heterocycles. The molecular formula is C8H13N3. The van der Waals surface area contributed by atoms with Gasteiger partial charge in [0, 0.05) is 18.0 Å². The van der Waals surface area contributed by atoms with Crippen molar-refractivity contribution in [1.82, 2.24) is 5.32 Å². The van der Waals surface area contributed by atoms with Gasteiger partial charge in [-0.25, -0.2) is 4.99 Å². The monoisotopic (exact) mass is 151 g/mol. The van der Waals surface area contributed by atoms with Crippen LogP contribution in [0.1, 0.15) is 13.8 Å². The fourth-order valence-corrected chi connectivity index (χ4v) is 1.01. The van der Waals surface area contributed by atoms with Crippen LogP contribution in [0.25, 0.3) is 0 Å². The van der Waals surface area contributed by atoms with Crippen molar-refractivity contribution in [2.24, 2.45) is 10.7 Å². The standard InChI is InChI=1S/C8H13N3/c1-6-5-7(2)11-8(10-6)3-4-9/h3,5,10H,4,9H2,1-2H3/b8-3-. The highest BCUT2D eigenvalue weighted by atomic mass is 15.1. The van der Waals surface area contributed by atoms with Gasteiger partial charge < -0.3 is 11.1 Å². The highest BCUT2D eigenvalue weighted by Gasteiger charge is 2.01. The zero-order chi connectivity index (χ0) is 8.27. The summed E-state index contributed by atoms with van der Waals surface area (Å²) >= 11 is 0. The molecule has 11 heavy (non-hydrogen) atoms. The third-order valence-corrected chi connectivity index (χ3v) is 1.36. The van der Waals surface area contributed by atoms with E-state index in [1.165, 1.54) is 0 Å². The molecule has 0 aliphatic carbocycles. The van der Waals surface area contributed by atoms with Crippen LogP contribution in [0.15, 0.2) is 28.7 Å². The lowest BCUT2D eigenvalue weighted by Gasteiger charge is -2.12. The summed E-state index contributed by atoms with van der Waals surface area (Å²) in [5, 5.41) is 3.10. The molecule has 0 saturated carbocycles. The third-order valence-electron chi connectivity index (χ3n) is 1.36. The lowest BCUT2D eigenvalue weighted by atomic mass is 10.3. The number of nitrogens with zero attached hydrogens (tertiary/aromatic N) is 1. The van der Waals surface area contributed by atoms with Gasteiger partial charge in [0.05, 0.1) is 0 Å². The molecule has 0 aromatic carbocycles. The second kappa shape index (κ2) is 3.34. The molecule has 0 aromatic heterocycles. The first-order valence-corrected chi connectivity index (χ1v) is 3.63. The summed E-state index contributed by atoms with van der Waals surface area (Å²) in [5.74, 6) is 0.852. The van der Waals surface area contributed by atoms with Gasteiger partial charge in [-0.15, -0.1) is 0 Å². The molecule has 1 rings (SSSR count). The largest absolute Gasteiger partial charge is 0.344 e. The van der Waals surface area contributed by atoms with Crippen LogP contribution >= 0.6 is 0 Å². The van der Waals surface area contributed by atoms with E-state index < -0.39 is 0 Å². The van der Waals surface area contributed by atoms with Gasteiger partial charge in [0.1, 0.15) is 5.82 Å². The fourth-order valence-electron chi connectivity index (χ4n) is 1.01. The molecule has 0 unspecified atom stereocenters. The number of hydrogen-bond donors (Lipinski definition) is 2. The average molecular weight is 151 g/mol. The van der Waals surface area contributed by atoms with E-state index in [1.54, 1.807) is 0 Å². The van der Waals surface area contributed by atoms with Gasteiger partial charge >= 0.3 is 0 Å². The summed E-state index contributed by atoms with van der Waals surface area (Å²) in [6.45, 7) is 4.49. The Balaban J connectivity index is 2.79. The van der Waals surface area contributed by atoms with Crippen molar-refractivity contribution in [3.63, 3.8) is 0 Å². The molecule has 1 aliphatic heterocycles. The Morgan fingerprint density at radius 1 is 1.64 bits per heavy atom. The second-order valence-corrected chi connectivity index (χ2v) is 2.53. The van der Waals surface area contributed by atoms with E-state index in [2.05, 4.69) is 10.3 Å². The van der Waals surface area contributed by atoms with Gasteiger partial charge in [-0.2, -0.15) is 0 Å². The Morgan fingerprint density at radius 3 is 2.91 bits per heavy atom. The predicted octanol–water partition coefficient (Wildman–Crippen LogP) is 0.754. The van der Waals surface area contributed by atoms with Crippen LogP contribution < -0.4 is 11.1 Å². The summed E-state index contributed by atoms with van der Waals surface area (Å²) in [4.78, 5) is 4.23. The number of nitrogens with one attached hydrogen (secondary N) is 1. The van der Waals surface area contributed by atoms with E-state index in [0.29, 0.717) is 6.54 Å². The van der Waals surface area contributed by atoms with E-state index in [0.717, 1.165) is 17.2 Å². The van der Waals surface area contributed by atoms with Crippen molar-refractivity contribution < 1.29 is 0 Å². The van der Waals surface area contributed by atoms with Crippen molar-refractivity contribution in [3.8, 4) is 0 Å². The fraction of sp³-hybridized carbons (Fsp3) is 0.375. The maximum absolute atomic E-state index is 5.35. The molecule has 0 amide bonds. The van der Waals surface area contributed by atoms with E-state index in [4.69, 9.17) is 5.73 Å². The quantitative estimate of drug-likeness (QED) is 0.581. The molecule has 0 radical (unpaired) electrons. The second-order valence-electron chi connectivity index (χ2n) is 2.53. The van der Waals surface area contributed by atoms with Crippen LogP contribution in [0.3, 0.4) is 0 Å². The first-order valence-electron chi connectivity index (χ1n) is 3.63. The summed E-state index contributed by atoms with van der Waals surface area (Å²) < 4.78 is 0. The number of rotatable bonds is 1. The van der Waals surface area contributed by atoms with Crippen LogP contribution in [0.5, 0.6) is 0 Å². The minimum Gasteiger partial charge on any atom is -0.344 e. The van der Waals surface area contributed by atoms with Crippen LogP contribution in [-0.4, -0.2) is 12.3 Å². The molecule has 60 valence electrons. The average Bonchev–Trinajstić information content (AvgIpc) is 1.85. The van der Waals surface area contributed by atoms with Gasteiger partial charge in [-0.1, -0.05) is 0 Å². The molecule has 1 aliphatic rings. The Kier molecular flexibility index (Phi) is 2.44. The highest BCUT2D eigenvalue weighted by molar-refractivity contribution is 5.94. The van der Waals surface area contributed by atoms with Crippen LogP contribution in [0.2, 0.25) is 0 Å². The Morgan fingerprint density at radius 2 is 2.36 bits per heavy atom. The van der Waals surface area contributed by atoms with Crippen LogP contribution in [0.4, 0.5) is 0 Å². The first-order chi connectivity index (χ1) is 5.22. The zero-order valence-electron chi connectivity index (χ0n) is 6.89. The SMILES string of the molecule is CC1=CC(C)=N/C(=C\CN)N1. The van der Waals surface area contributed by atoms with Gasteiger partial charge in [0.15, 0.2) is 0 Å². The normalized spacial score (nSPS) is 20.8. The highest BCUT2D eigenvalue weighted by Crippen LogP contribution is 2.04. The van der Waals surface area contributed by atoms with E-state index in [-0.39, 0.29) is 0 Å². The lowest BCUT2D eigenvalue weighted by molar-refractivity contribution is 0.921. The Bertz CT molecular complexity index is 236. The van der Waals surface area contributed by atoms with Gasteiger partial charge in [-0.3, -0.25) is 0 Å². The third kappa shape index (κ3) is 2.20. The predicted molar refractivity (Wildman–Crippen MR) is 47.1 cm³/mol. The molecule has 0 spiro atoms. The first kappa shape index (κ1) is 8.01. The summed E-state index contributed by atoms with van der Waals surface area (Å²) in [6.07, 6.45) is 3.86. The molecule has 0 aromatic rings. The van der Waals surface area contributed by atoms with Crippen molar-refractivity contribution in [2.45, 2.75) is 13.8 Å². The van der Waals surface area contributed by atoms with Gasteiger partial charge in [-0.05, 0) is 26.0 Å². The zero-order valence-corrected chi connectivity index (χ0v) is 6.89. The summed E-state index contributed by atoms with van der Waals surface area (Å²) in [7, 11) is 0. The number of nitrogens with two attached hydrogens (primary N) is 1. The van der Waals surface area contributed by atoms with Crippen molar-refractivity contribution in [1.29, 1.82) is 0 Å². The summed E-state index contributed by atoms with van der Waals surface area (Å²) in [5.41, 5.74) is 7.47. The molecule has 0 bridgehead atoms. The van der Waals surface area contributed by atoms with Crippen LogP contribution in [0, 0.1) is 0 Å². The Hall–Kier alpha value is -1.09. The molecule has 0 fully saturated rings. The topological polar surface area (TPSA) is 50.4 Å². The molecule has 0 saturated heterocycles. The Labute approximate surface area is 66.7 Å². The number of allylic oxidation sites excluding steroid dienone is 2.